The standard InChI is InChI=1S/C11H13Cl2NO2/c1-6(15)14-10(2)4-5-11(14,3)9(13)7(16)8(10)12/h4-5,8-9H,1-3H3. The van der Waals surface area contributed by atoms with Crippen LogP contribution in [0.15, 0.2) is 12.2 Å². The summed E-state index contributed by atoms with van der Waals surface area (Å²) >= 11 is 12.2. The lowest BCUT2D eigenvalue weighted by molar-refractivity contribution is -0.144. The van der Waals surface area contributed by atoms with Crippen LogP contribution in [0.1, 0.15) is 20.8 Å². The van der Waals surface area contributed by atoms with E-state index >= 15 is 0 Å². The number of hydrogen-bond acceptors (Lipinski definition) is 2. The molecule has 4 unspecified atom stereocenters. The zero-order valence-corrected chi connectivity index (χ0v) is 10.8. The topological polar surface area (TPSA) is 37.4 Å². The SMILES string of the molecule is CC(=O)N1C2(C)C=CC1(C)C(Cl)C(=O)C2Cl. The first-order valence-electron chi connectivity index (χ1n) is 5.08. The van der Waals surface area contributed by atoms with Gasteiger partial charge < -0.3 is 4.90 Å². The molecule has 0 aromatic rings. The normalized spacial score (nSPS) is 46.3. The highest BCUT2D eigenvalue weighted by Gasteiger charge is 2.62. The van der Waals surface area contributed by atoms with E-state index < -0.39 is 21.8 Å². The lowest BCUT2D eigenvalue weighted by atomic mass is 9.82. The van der Waals surface area contributed by atoms with Gasteiger partial charge in [-0.1, -0.05) is 12.2 Å². The van der Waals surface area contributed by atoms with Crippen LogP contribution in [0.2, 0.25) is 0 Å². The highest BCUT2D eigenvalue weighted by molar-refractivity contribution is 6.42. The number of halogens is 2. The van der Waals surface area contributed by atoms with Gasteiger partial charge in [-0.2, -0.15) is 0 Å². The zero-order valence-electron chi connectivity index (χ0n) is 9.33. The number of hydrogen-bond donors (Lipinski definition) is 0. The van der Waals surface area contributed by atoms with Gasteiger partial charge >= 0.3 is 0 Å². The maximum absolute atomic E-state index is 11.9. The number of piperidine rings is 1. The molecule has 0 radical (unpaired) electrons. The maximum Gasteiger partial charge on any atom is 0.220 e. The van der Waals surface area contributed by atoms with Crippen LogP contribution in [0.4, 0.5) is 0 Å². The minimum atomic E-state index is -0.786. The van der Waals surface area contributed by atoms with E-state index in [4.69, 9.17) is 23.2 Å². The van der Waals surface area contributed by atoms with Crippen LogP contribution < -0.4 is 0 Å². The first-order chi connectivity index (χ1) is 7.25. The number of amides is 1. The van der Waals surface area contributed by atoms with Gasteiger partial charge in [0.15, 0.2) is 5.78 Å². The number of Topliss-reactive ketones (excluding diaryl/α,β-unsaturated/α-hetero) is 1. The average Bonchev–Trinajstić information content (AvgIpc) is 2.46. The van der Waals surface area contributed by atoms with E-state index in [1.165, 1.54) is 6.92 Å². The molecule has 2 bridgehead atoms. The monoisotopic (exact) mass is 261 g/mol. The Hall–Kier alpha value is -0.540. The van der Waals surface area contributed by atoms with Crippen molar-refractivity contribution in [1.82, 2.24) is 4.90 Å². The van der Waals surface area contributed by atoms with Crippen molar-refractivity contribution in [2.75, 3.05) is 0 Å². The summed E-state index contributed by atoms with van der Waals surface area (Å²) in [4.78, 5) is 25.3. The van der Waals surface area contributed by atoms with E-state index in [1.54, 1.807) is 18.7 Å². The van der Waals surface area contributed by atoms with Gasteiger partial charge in [0.1, 0.15) is 10.8 Å². The van der Waals surface area contributed by atoms with Crippen LogP contribution in [0.25, 0.3) is 0 Å². The summed E-state index contributed by atoms with van der Waals surface area (Å²) in [7, 11) is 0. The Bertz CT molecular complexity index is 381. The molecular weight excluding hydrogens is 249 g/mol. The number of carbonyl (C=O) groups is 2. The van der Waals surface area contributed by atoms with Crippen molar-refractivity contribution < 1.29 is 9.59 Å². The molecule has 88 valence electrons. The number of rotatable bonds is 0. The third-order valence-electron chi connectivity index (χ3n) is 3.56. The van der Waals surface area contributed by atoms with Crippen molar-refractivity contribution in [2.24, 2.45) is 0 Å². The fourth-order valence-electron chi connectivity index (χ4n) is 2.78. The van der Waals surface area contributed by atoms with Gasteiger partial charge in [-0.25, -0.2) is 0 Å². The fraction of sp³-hybridized carbons (Fsp3) is 0.636. The Morgan fingerprint density at radius 1 is 1.25 bits per heavy atom. The molecule has 3 nitrogen and oxygen atoms in total. The molecule has 1 saturated heterocycles. The molecule has 2 aliphatic rings. The van der Waals surface area contributed by atoms with Crippen molar-refractivity contribution in [3.63, 3.8) is 0 Å². The number of carbonyl (C=O) groups excluding carboxylic acids is 2. The Kier molecular flexibility index (Phi) is 2.41. The second-order valence-corrected chi connectivity index (χ2v) is 5.64. The lowest BCUT2D eigenvalue weighted by Gasteiger charge is -2.51. The quantitative estimate of drug-likeness (QED) is 0.492. The molecule has 2 aliphatic heterocycles. The summed E-state index contributed by atoms with van der Waals surface area (Å²) in [5.74, 6) is -0.338. The van der Waals surface area contributed by atoms with E-state index in [0.717, 1.165) is 0 Å². The highest BCUT2D eigenvalue weighted by atomic mass is 35.5. The Morgan fingerprint density at radius 2 is 1.62 bits per heavy atom. The summed E-state index contributed by atoms with van der Waals surface area (Å²) in [6, 6.07) is 0. The maximum atomic E-state index is 11.9. The molecule has 0 aromatic heterocycles. The van der Waals surface area contributed by atoms with E-state index in [2.05, 4.69) is 0 Å². The van der Waals surface area contributed by atoms with E-state index in [-0.39, 0.29) is 11.7 Å². The van der Waals surface area contributed by atoms with Gasteiger partial charge in [0.25, 0.3) is 0 Å². The summed E-state index contributed by atoms with van der Waals surface area (Å²) in [6.45, 7) is 5.04. The molecule has 1 amide bonds. The molecule has 0 N–H and O–H groups in total. The molecule has 1 fully saturated rings. The van der Waals surface area contributed by atoms with Crippen molar-refractivity contribution >= 4 is 34.9 Å². The molecular formula is C11H13Cl2NO2. The summed E-state index contributed by atoms with van der Waals surface area (Å²) in [5.41, 5.74) is -1.52. The fourth-order valence-corrected chi connectivity index (χ4v) is 3.44. The van der Waals surface area contributed by atoms with Crippen LogP contribution in [-0.2, 0) is 9.59 Å². The second-order valence-electron chi connectivity index (χ2n) is 4.77. The highest BCUT2D eigenvalue weighted by Crippen LogP contribution is 2.48. The smallest absolute Gasteiger partial charge is 0.220 e. The second kappa shape index (κ2) is 3.23. The van der Waals surface area contributed by atoms with Crippen LogP contribution in [0.5, 0.6) is 0 Å². The van der Waals surface area contributed by atoms with Gasteiger partial charge in [0.2, 0.25) is 5.91 Å². The van der Waals surface area contributed by atoms with Gasteiger partial charge in [-0.3, -0.25) is 9.59 Å². The lowest BCUT2D eigenvalue weighted by Crippen LogP contribution is -2.69. The Labute approximate surface area is 104 Å². The minimum Gasteiger partial charge on any atom is -0.321 e. The number of nitrogens with zero attached hydrogens (tertiary/aromatic N) is 1. The predicted octanol–water partition coefficient (Wildman–Crippen LogP) is 1.72. The minimum absolute atomic E-state index is 0.126. The van der Waals surface area contributed by atoms with Gasteiger partial charge in [0.05, 0.1) is 11.1 Å². The molecule has 0 aromatic carbocycles. The van der Waals surface area contributed by atoms with Crippen molar-refractivity contribution in [1.29, 1.82) is 0 Å². The molecule has 0 aliphatic carbocycles. The first kappa shape index (κ1) is 11.9. The van der Waals surface area contributed by atoms with Crippen molar-refractivity contribution in [2.45, 2.75) is 42.6 Å². The molecule has 4 atom stereocenters. The summed E-state index contributed by atoms with van der Waals surface area (Å²) in [6.07, 6.45) is 3.62. The summed E-state index contributed by atoms with van der Waals surface area (Å²) < 4.78 is 0. The molecule has 0 spiro atoms. The van der Waals surface area contributed by atoms with Crippen molar-refractivity contribution in [3.05, 3.63) is 12.2 Å². The van der Waals surface area contributed by atoms with E-state index in [0.29, 0.717) is 0 Å². The van der Waals surface area contributed by atoms with Gasteiger partial charge in [-0.05, 0) is 13.8 Å². The average molecular weight is 262 g/mol. The molecule has 2 rings (SSSR count). The molecule has 5 heteroatoms. The third kappa shape index (κ3) is 1.16. The van der Waals surface area contributed by atoms with Crippen LogP contribution >= 0.6 is 23.2 Å². The van der Waals surface area contributed by atoms with Crippen molar-refractivity contribution in [3.8, 4) is 0 Å². The first-order valence-corrected chi connectivity index (χ1v) is 5.95. The molecule has 16 heavy (non-hydrogen) atoms. The number of fused-ring (bicyclic) bond motifs is 2. The van der Waals surface area contributed by atoms with Crippen LogP contribution in [-0.4, -0.2) is 38.4 Å². The third-order valence-corrected chi connectivity index (χ3v) is 4.88. The largest absolute Gasteiger partial charge is 0.321 e. The van der Waals surface area contributed by atoms with E-state index in [1.807, 2.05) is 12.2 Å². The Balaban J connectivity index is 2.60. The van der Waals surface area contributed by atoms with Gasteiger partial charge in [-0.15, -0.1) is 23.2 Å². The number of alkyl halides is 2. The predicted molar refractivity (Wildman–Crippen MR) is 62.8 cm³/mol. The zero-order chi connectivity index (χ0) is 12.3. The summed E-state index contributed by atoms with van der Waals surface area (Å²) in [5, 5.41) is -1.57. The van der Waals surface area contributed by atoms with E-state index in [9.17, 15) is 9.59 Å². The Morgan fingerprint density at radius 3 is 1.94 bits per heavy atom. The number of ketones is 1. The van der Waals surface area contributed by atoms with Crippen LogP contribution in [0, 0.1) is 0 Å². The van der Waals surface area contributed by atoms with Crippen LogP contribution in [0.3, 0.4) is 0 Å². The van der Waals surface area contributed by atoms with Gasteiger partial charge in [0, 0.05) is 6.92 Å². The molecule has 2 heterocycles. The molecule has 0 saturated carbocycles.